The molecule has 2 rings (SSSR count). The molecule has 5 nitrogen and oxygen atoms in total. The van der Waals surface area contributed by atoms with Crippen LogP contribution in [0.25, 0.3) is 10.1 Å². The Hall–Kier alpha value is -2.21. The molecule has 1 amide bonds. The lowest BCUT2D eigenvalue weighted by Crippen LogP contribution is -2.31. The van der Waals surface area contributed by atoms with Crippen LogP contribution in [0.15, 0.2) is 24.3 Å². The highest BCUT2D eigenvalue weighted by molar-refractivity contribution is 7.21. The lowest BCUT2D eigenvalue weighted by atomic mass is 10.1. The second-order valence-corrected chi connectivity index (χ2v) is 7.40. The molecule has 0 fully saturated rings. The average Bonchev–Trinajstić information content (AvgIpc) is 2.93. The van der Waals surface area contributed by atoms with Crippen molar-refractivity contribution in [2.24, 2.45) is 5.92 Å². The zero-order valence-electron chi connectivity index (χ0n) is 14.8. The molecule has 0 saturated carbocycles. The van der Waals surface area contributed by atoms with Gasteiger partial charge in [-0.3, -0.25) is 14.4 Å². The molecule has 0 atom stereocenters. The fourth-order valence-corrected chi connectivity index (χ4v) is 3.52. The van der Waals surface area contributed by atoms with Crippen LogP contribution in [0.1, 0.15) is 41.9 Å². The first-order valence-corrected chi connectivity index (χ1v) is 9.13. The van der Waals surface area contributed by atoms with Gasteiger partial charge in [0.1, 0.15) is 6.54 Å². The van der Waals surface area contributed by atoms with Gasteiger partial charge in [-0.05, 0) is 36.3 Å². The summed E-state index contributed by atoms with van der Waals surface area (Å²) < 4.78 is 6.02. The van der Waals surface area contributed by atoms with Crippen LogP contribution in [0.4, 0.5) is 0 Å². The van der Waals surface area contributed by atoms with E-state index in [9.17, 15) is 14.4 Å². The molecule has 2 aromatic rings. The van der Waals surface area contributed by atoms with Crippen molar-refractivity contribution in [3.63, 3.8) is 0 Å². The summed E-state index contributed by atoms with van der Waals surface area (Å²) in [6, 6.07) is 7.78. The minimum atomic E-state index is -0.606. The van der Waals surface area contributed by atoms with Gasteiger partial charge < -0.3 is 10.1 Å². The van der Waals surface area contributed by atoms with Gasteiger partial charge in [0.25, 0.3) is 0 Å². The van der Waals surface area contributed by atoms with Crippen molar-refractivity contribution in [1.29, 1.82) is 0 Å². The fraction of sp³-hybridized carbons (Fsp3) is 0.421. The standard InChI is InChI=1S/C19H23NO4S/c1-12(2)8-9-17(22)20-10-18(23)24-11-15(21)19-13(3)14-6-4-5-7-16(14)25-19/h4-7,12H,8-11H2,1-3H3,(H,20,22). The first kappa shape index (κ1) is 19.1. The Morgan fingerprint density at radius 1 is 1.20 bits per heavy atom. The Bertz CT molecular complexity index is 779. The van der Waals surface area contributed by atoms with Crippen LogP contribution < -0.4 is 5.32 Å². The maximum Gasteiger partial charge on any atom is 0.325 e. The smallest absolute Gasteiger partial charge is 0.325 e. The molecule has 1 heterocycles. The zero-order valence-corrected chi connectivity index (χ0v) is 15.6. The summed E-state index contributed by atoms with van der Waals surface area (Å²) in [4.78, 5) is 36.2. The fourth-order valence-electron chi connectivity index (χ4n) is 2.38. The topological polar surface area (TPSA) is 72.5 Å². The summed E-state index contributed by atoms with van der Waals surface area (Å²) in [6.07, 6.45) is 1.15. The van der Waals surface area contributed by atoms with Crippen molar-refractivity contribution in [2.75, 3.05) is 13.2 Å². The third-order valence-electron chi connectivity index (χ3n) is 3.84. The predicted octanol–water partition coefficient (Wildman–Crippen LogP) is 3.49. The van der Waals surface area contributed by atoms with Crippen molar-refractivity contribution >= 4 is 39.1 Å². The molecule has 6 heteroatoms. The molecular formula is C19H23NO4S. The molecule has 134 valence electrons. The second-order valence-electron chi connectivity index (χ2n) is 6.35. The lowest BCUT2D eigenvalue weighted by molar-refractivity contribution is -0.142. The molecule has 1 N–H and O–H groups in total. The lowest BCUT2D eigenvalue weighted by Gasteiger charge is -2.07. The number of nitrogens with one attached hydrogen (secondary N) is 1. The SMILES string of the molecule is Cc1c(C(=O)COC(=O)CNC(=O)CCC(C)C)sc2ccccc12. The molecule has 1 aromatic heterocycles. The van der Waals surface area contributed by atoms with Crippen LogP contribution in [-0.2, 0) is 14.3 Å². The third-order valence-corrected chi connectivity index (χ3v) is 5.15. The summed E-state index contributed by atoms with van der Waals surface area (Å²) in [5, 5.41) is 3.55. The van der Waals surface area contributed by atoms with Gasteiger partial charge in [0.05, 0.1) is 4.88 Å². The predicted molar refractivity (Wildman–Crippen MR) is 98.9 cm³/mol. The van der Waals surface area contributed by atoms with Crippen LogP contribution in [-0.4, -0.2) is 30.8 Å². The highest BCUT2D eigenvalue weighted by atomic mass is 32.1. The number of carbonyl (C=O) groups excluding carboxylic acids is 3. The first-order chi connectivity index (χ1) is 11.9. The Balaban J connectivity index is 1.82. The number of fused-ring (bicyclic) bond motifs is 1. The van der Waals surface area contributed by atoms with Gasteiger partial charge in [0.15, 0.2) is 6.61 Å². The first-order valence-electron chi connectivity index (χ1n) is 8.32. The molecule has 0 unspecified atom stereocenters. The van der Waals surface area contributed by atoms with Crippen molar-refractivity contribution in [2.45, 2.75) is 33.6 Å². The number of ketones is 1. The van der Waals surface area contributed by atoms with Gasteiger partial charge in [-0.1, -0.05) is 32.0 Å². The van der Waals surface area contributed by atoms with Crippen LogP contribution in [0.5, 0.6) is 0 Å². The summed E-state index contributed by atoms with van der Waals surface area (Å²) >= 11 is 1.40. The number of amides is 1. The number of Topliss-reactive ketones (excluding diaryl/α,β-unsaturated/α-hetero) is 1. The largest absolute Gasteiger partial charge is 0.456 e. The molecule has 0 bridgehead atoms. The number of ether oxygens (including phenoxy) is 1. The van der Waals surface area contributed by atoms with E-state index in [4.69, 9.17) is 4.74 Å². The van der Waals surface area contributed by atoms with Gasteiger partial charge in [0.2, 0.25) is 11.7 Å². The van der Waals surface area contributed by atoms with Crippen molar-refractivity contribution in [1.82, 2.24) is 5.32 Å². The Morgan fingerprint density at radius 3 is 2.60 bits per heavy atom. The third kappa shape index (κ3) is 5.39. The molecule has 0 aliphatic heterocycles. The number of rotatable bonds is 8. The number of carbonyl (C=O) groups is 3. The van der Waals surface area contributed by atoms with E-state index >= 15 is 0 Å². The van der Waals surface area contributed by atoms with E-state index in [0.717, 1.165) is 22.1 Å². The molecule has 25 heavy (non-hydrogen) atoms. The summed E-state index contributed by atoms with van der Waals surface area (Å²) in [7, 11) is 0. The van der Waals surface area contributed by atoms with E-state index in [2.05, 4.69) is 5.32 Å². The molecule has 0 radical (unpaired) electrons. The molecule has 1 aromatic carbocycles. The monoisotopic (exact) mass is 361 g/mol. The zero-order chi connectivity index (χ0) is 18.4. The maximum atomic E-state index is 12.3. The van der Waals surface area contributed by atoms with Crippen molar-refractivity contribution in [3.05, 3.63) is 34.7 Å². The molecule has 0 aliphatic rings. The minimum absolute atomic E-state index is 0.183. The van der Waals surface area contributed by atoms with E-state index in [1.165, 1.54) is 11.3 Å². The van der Waals surface area contributed by atoms with E-state index in [1.807, 2.05) is 45.0 Å². The highest BCUT2D eigenvalue weighted by Crippen LogP contribution is 2.30. The summed E-state index contributed by atoms with van der Waals surface area (Å²) in [5.41, 5.74) is 0.906. The molecule has 0 aliphatic carbocycles. The number of benzene rings is 1. The highest BCUT2D eigenvalue weighted by Gasteiger charge is 2.17. The van der Waals surface area contributed by atoms with Crippen LogP contribution in [0.3, 0.4) is 0 Å². The quantitative estimate of drug-likeness (QED) is 0.577. The average molecular weight is 361 g/mol. The number of hydrogen-bond donors (Lipinski definition) is 1. The van der Waals surface area contributed by atoms with Crippen molar-refractivity contribution in [3.8, 4) is 0 Å². The normalized spacial score (nSPS) is 10.9. The Labute approximate surface area is 151 Å². The van der Waals surface area contributed by atoms with E-state index in [0.29, 0.717) is 17.2 Å². The van der Waals surface area contributed by atoms with E-state index in [1.54, 1.807) is 0 Å². The minimum Gasteiger partial charge on any atom is -0.456 e. The van der Waals surface area contributed by atoms with E-state index in [-0.39, 0.29) is 24.8 Å². The second kappa shape index (κ2) is 8.76. The van der Waals surface area contributed by atoms with Gasteiger partial charge >= 0.3 is 5.97 Å². The van der Waals surface area contributed by atoms with Gasteiger partial charge in [-0.15, -0.1) is 11.3 Å². The van der Waals surface area contributed by atoms with Crippen molar-refractivity contribution < 1.29 is 19.1 Å². The van der Waals surface area contributed by atoms with Gasteiger partial charge in [-0.25, -0.2) is 0 Å². The number of thiophene rings is 1. The van der Waals surface area contributed by atoms with Crippen LogP contribution >= 0.6 is 11.3 Å². The van der Waals surface area contributed by atoms with Crippen LogP contribution in [0, 0.1) is 12.8 Å². The Morgan fingerprint density at radius 2 is 1.92 bits per heavy atom. The summed E-state index contributed by atoms with van der Waals surface area (Å²) in [6.45, 7) is 5.43. The molecule has 0 saturated heterocycles. The number of esters is 1. The Kier molecular flexibility index (Phi) is 6.70. The number of aryl methyl sites for hydroxylation is 1. The van der Waals surface area contributed by atoms with Gasteiger partial charge in [0, 0.05) is 11.1 Å². The van der Waals surface area contributed by atoms with Crippen LogP contribution in [0.2, 0.25) is 0 Å². The maximum absolute atomic E-state index is 12.3. The molecular weight excluding hydrogens is 338 g/mol. The van der Waals surface area contributed by atoms with E-state index < -0.39 is 5.97 Å². The number of hydrogen-bond acceptors (Lipinski definition) is 5. The molecule has 0 spiro atoms. The summed E-state index contributed by atoms with van der Waals surface area (Å²) in [5.74, 6) is -0.583. The van der Waals surface area contributed by atoms with Gasteiger partial charge in [-0.2, -0.15) is 0 Å².